The second-order valence-corrected chi connectivity index (χ2v) is 6.63. The number of rotatable bonds is 4. The number of nitrogens with zero attached hydrogens (tertiary/aromatic N) is 3. The van der Waals surface area contributed by atoms with Crippen molar-refractivity contribution in [3.05, 3.63) is 17.5 Å². The smallest absolute Gasteiger partial charge is 0.225 e. The van der Waals surface area contributed by atoms with Crippen molar-refractivity contribution in [2.75, 3.05) is 18.0 Å². The predicted molar refractivity (Wildman–Crippen MR) is 81.8 cm³/mol. The molecule has 1 aliphatic carbocycles. The van der Waals surface area contributed by atoms with Crippen LogP contribution in [0.15, 0.2) is 6.20 Å². The van der Waals surface area contributed by atoms with Crippen molar-refractivity contribution in [1.82, 2.24) is 15.3 Å². The summed E-state index contributed by atoms with van der Waals surface area (Å²) in [5.41, 5.74) is 2.36. The highest BCUT2D eigenvalue weighted by Crippen LogP contribution is 2.25. The average molecular weight is 274 g/mol. The maximum Gasteiger partial charge on any atom is 0.225 e. The van der Waals surface area contributed by atoms with Crippen LogP contribution in [0.1, 0.15) is 44.4 Å². The van der Waals surface area contributed by atoms with Crippen LogP contribution >= 0.6 is 0 Å². The Morgan fingerprint density at radius 3 is 2.70 bits per heavy atom. The normalized spacial score (nSPS) is 26.9. The van der Waals surface area contributed by atoms with E-state index < -0.39 is 0 Å². The zero-order valence-corrected chi connectivity index (χ0v) is 12.9. The molecule has 2 fully saturated rings. The summed E-state index contributed by atoms with van der Waals surface area (Å²) in [4.78, 5) is 11.7. The zero-order chi connectivity index (χ0) is 14.1. The minimum Gasteiger partial charge on any atom is -0.341 e. The van der Waals surface area contributed by atoms with Crippen LogP contribution in [-0.2, 0) is 6.54 Å². The number of hydrogen-bond acceptors (Lipinski definition) is 4. The fraction of sp³-hybridized carbons (Fsp3) is 0.750. The van der Waals surface area contributed by atoms with Crippen LogP contribution in [0.3, 0.4) is 0 Å². The Hall–Kier alpha value is -1.16. The van der Waals surface area contributed by atoms with Gasteiger partial charge in [0.15, 0.2) is 0 Å². The van der Waals surface area contributed by atoms with Gasteiger partial charge in [0.2, 0.25) is 5.95 Å². The van der Waals surface area contributed by atoms with E-state index in [1.54, 1.807) is 0 Å². The molecule has 4 nitrogen and oxygen atoms in total. The summed E-state index contributed by atoms with van der Waals surface area (Å²) in [7, 11) is 0. The van der Waals surface area contributed by atoms with Gasteiger partial charge >= 0.3 is 0 Å². The van der Waals surface area contributed by atoms with Crippen LogP contribution < -0.4 is 10.2 Å². The molecular formula is C16H26N4. The summed E-state index contributed by atoms with van der Waals surface area (Å²) in [6.07, 6.45) is 5.90. The molecule has 1 aromatic rings. The fourth-order valence-electron chi connectivity index (χ4n) is 2.79. The molecule has 110 valence electrons. The number of piperidine rings is 1. The third kappa shape index (κ3) is 3.11. The summed E-state index contributed by atoms with van der Waals surface area (Å²) in [6.45, 7) is 9.86. The number of nitrogens with one attached hydrogen (secondary N) is 1. The first kappa shape index (κ1) is 13.8. The van der Waals surface area contributed by atoms with Crippen LogP contribution in [0.4, 0.5) is 5.95 Å². The van der Waals surface area contributed by atoms with E-state index in [-0.39, 0.29) is 0 Å². The van der Waals surface area contributed by atoms with E-state index in [1.807, 2.05) is 6.20 Å². The van der Waals surface area contributed by atoms with Crippen LogP contribution in [-0.4, -0.2) is 29.1 Å². The van der Waals surface area contributed by atoms with E-state index >= 15 is 0 Å². The van der Waals surface area contributed by atoms with Crippen molar-refractivity contribution in [3.8, 4) is 0 Å². The van der Waals surface area contributed by atoms with E-state index in [2.05, 4.69) is 36.0 Å². The van der Waals surface area contributed by atoms with Gasteiger partial charge in [-0.3, -0.25) is 0 Å². The minimum absolute atomic E-state index is 0.726. The van der Waals surface area contributed by atoms with Gasteiger partial charge < -0.3 is 10.2 Å². The van der Waals surface area contributed by atoms with Gasteiger partial charge in [0, 0.05) is 43.1 Å². The molecule has 0 amide bonds. The quantitative estimate of drug-likeness (QED) is 0.916. The van der Waals surface area contributed by atoms with Gasteiger partial charge in [0.1, 0.15) is 0 Å². The summed E-state index contributed by atoms with van der Waals surface area (Å²) in [6, 6.07) is 0.735. The van der Waals surface area contributed by atoms with E-state index in [1.165, 1.54) is 24.8 Å². The van der Waals surface area contributed by atoms with Crippen molar-refractivity contribution in [2.45, 2.75) is 52.6 Å². The Balaban J connectivity index is 1.66. The molecule has 0 bridgehead atoms. The molecule has 2 atom stereocenters. The summed E-state index contributed by atoms with van der Waals surface area (Å²) in [5, 5.41) is 3.53. The molecule has 1 aromatic heterocycles. The Labute approximate surface area is 122 Å². The molecule has 0 radical (unpaired) electrons. The Morgan fingerprint density at radius 2 is 2.05 bits per heavy atom. The lowest BCUT2D eigenvalue weighted by atomic mass is 9.89. The van der Waals surface area contributed by atoms with Gasteiger partial charge in [-0.25, -0.2) is 9.97 Å². The van der Waals surface area contributed by atoms with Crippen LogP contribution in [0, 0.1) is 18.8 Å². The number of aryl methyl sites for hydroxylation is 1. The lowest BCUT2D eigenvalue weighted by molar-refractivity contribution is 0.321. The first-order valence-corrected chi connectivity index (χ1v) is 7.94. The second-order valence-electron chi connectivity index (χ2n) is 6.63. The Kier molecular flexibility index (Phi) is 3.92. The molecule has 2 unspecified atom stereocenters. The number of hydrogen-bond donors (Lipinski definition) is 1. The van der Waals surface area contributed by atoms with E-state index in [9.17, 15) is 0 Å². The van der Waals surface area contributed by atoms with Gasteiger partial charge in [-0.15, -0.1) is 0 Å². The molecule has 1 aliphatic heterocycles. The van der Waals surface area contributed by atoms with Gasteiger partial charge in [0.05, 0.1) is 0 Å². The van der Waals surface area contributed by atoms with Crippen molar-refractivity contribution in [2.24, 2.45) is 11.8 Å². The summed E-state index contributed by atoms with van der Waals surface area (Å²) in [5.74, 6) is 2.45. The number of aromatic nitrogens is 2. The molecule has 3 rings (SSSR count). The lowest BCUT2D eigenvalue weighted by Crippen LogP contribution is -2.39. The maximum atomic E-state index is 4.73. The highest BCUT2D eigenvalue weighted by atomic mass is 15.3. The first-order valence-electron chi connectivity index (χ1n) is 7.94. The Bertz CT molecular complexity index is 470. The molecule has 20 heavy (non-hydrogen) atoms. The van der Waals surface area contributed by atoms with Crippen LogP contribution in [0.25, 0.3) is 0 Å². The minimum atomic E-state index is 0.726. The predicted octanol–water partition coefficient (Wildman–Crippen LogP) is 2.52. The van der Waals surface area contributed by atoms with Crippen LogP contribution in [0.5, 0.6) is 0 Å². The zero-order valence-electron chi connectivity index (χ0n) is 12.9. The number of anilines is 1. The second kappa shape index (κ2) is 5.68. The topological polar surface area (TPSA) is 41.1 Å². The maximum absolute atomic E-state index is 4.73. The molecule has 2 heterocycles. The van der Waals surface area contributed by atoms with Crippen molar-refractivity contribution >= 4 is 5.95 Å². The molecule has 0 aromatic carbocycles. The monoisotopic (exact) mass is 274 g/mol. The first-order chi connectivity index (χ1) is 9.63. The van der Waals surface area contributed by atoms with Gasteiger partial charge in [0.25, 0.3) is 0 Å². The largest absolute Gasteiger partial charge is 0.341 e. The molecule has 4 heteroatoms. The molecular weight excluding hydrogens is 248 g/mol. The molecule has 1 saturated heterocycles. The fourth-order valence-corrected chi connectivity index (χ4v) is 2.79. The van der Waals surface area contributed by atoms with E-state index in [0.29, 0.717) is 0 Å². The van der Waals surface area contributed by atoms with Gasteiger partial charge in [-0.2, -0.15) is 0 Å². The van der Waals surface area contributed by atoms with Crippen molar-refractivity contribution in [3.63, 3.8) is 0 Å². The highest BCUT2D eigenvalue weighted by molar-refractivity contribution is 5.33. The van der Waals surface area contributed by atoms with Crippen LogP contribution in [0.2, 0.25) is 0 Å². The SMILES string of the molecule is Cc1nc(N2CCC(C)C(C)C2)ncc1CNC1CC1. The highest BCUT2D eigenvalue weighted by Gasteiger charge is 2.25. The average Bonchev–Trinajstić information content (AvgIpc) is 3.24. The summed E-state index contributed by atoms with van der Waals surface area (Å²) < 4.78 is 0. The molecule has 1 saturated carbocycles. The lowest BCUT2D eigenvalue weighted by Gasteiger charge is -2.35. The third-order valence-electron chi connectivity index (χ3n) is 4.84. The van der Waals surface area contributed by atoms with Crippen molar-refractivity contribution in [1.29, 1.82) is 0 Å². The molecule has 2 aliphatic rings. The molecule has 0 spiro atoms. The third-order valence-corrected chi connectivity index (χ3v) is 4.84. The van der Waals surface area contributed by atoms with Crippen molar-refractivity contribution < 1.29 is 0 Å². The summed E-state index contributed by atoms with van der Waals surface area (Å²) >= 11 is 0. The Morgan fingerprint density at radius 1 is 1.25 bits per heavy atom. The van der Waals surface area contributed by atoms with Gasteiger partial charge in [-0.05, 0) is 38.0 Å². The van der Waals surface area contributed by atoms with E-state index in [0.717, 1.165) is 49.2 Å². The molecule has 1 N–H and O–H groups in total. The standard InChI is InChI=1S/C16H26N4/c1-11-6-7-20(10-12(11)2)16-18-9-14(13(3)19-16)8-17-15-4-5-15/h9,11-12,15,17H,4-8,10H2,1-3H3. The van der Waals surface area contributed by atoms with E-state index in [4.69, 9.17) is 4.98 Å². The van der Waals surface area contributed by atoms with Gasteiger partial charge in [-0.1, -0.05) is 13.8 Å².